The standard InChI is InChI=1S/C4H6O2.H3NP2/c1-3(2)4(5)6;2-1-3/h1H2,2H3,(H,5,6);2H,3H2. The molecule has 0 fully saturated rings. The first kappa shape index (κ1) is 11.5. The summed E-state index contributed by atoms with van der Waals surface area (Å²) in [5.74, 6) is -0.935. The van der Waals surface area contributed by atoms with E-state index >= 15 is 0 Å². The van der Waals surface area contributed by atoms with Gasteiger partial charge in [-0.25, -0.2) is 4.79 Å². The third kappa shape index (κ3) is 18.2. The van der Waals surface area contributed by atoms with Gasteiger partial charge in [0.05, 0.1) is 0 Å². The molecule has 0 aliphatic heterocycles. The number of carboxylic acid groups (broad SMARTS) is 1. The Hall–Kier alpha value is -0.260. The van der Waals surface area contributed by atoms with Crippen LogP contribution in [0.25, 0.3) is 0 Å². The zero-order valence-corrected chi connectivity index (χ0v) is 7.24. The predicted molar refractivity (Wildman–Crippen MR) is 42.9 cm³/mol. The molecule has 0 saturated heterocycles. The summed E-state index contributed by atoms with van der Waals surface area (Å²) in [5.41, 5.74) is 0.176. The Morgan fingerprint density at radius 1 is 1.89 bits per heavy atom. The average molecular weight is 165 g/mol. The molecule has 0 amide bonds. The first-order valence-electron chi connectivity index (χ1n) is 2.01. The fourth-order valence-corrected chi connectivity index (χ4v) is 0. The van der Waals surface area contributed by atoms with Gasteiger partial charge in [-0.05, 0) is 25.3 Å². The second-order valence-corrected chi connectivity index (χ2v) is 2.25. The lowest BCUT2D eigenvalue weighted by Gasteiger charge is -1.79. The van der Waals surface area contributed by atoms with Crippen LogP contribution < -0.4 is 0 Å². The minimum atomic E-state index is -0.935. The van der Waals surface area contributed by atoms with E-state index in [1.54, 1.807) is 0 Å². The van der Waals surface area contributed by atoms with Crippen molar-refractivity contribution in [3.63, 3.8) is 0 Å². The van der Waals surface area contributed by atoms with Gasteiger partial charge in [0.15, 0.2) is 0 Å². The molecule has 0 rings (SSSR count). The zero-order valence-electron chi connectivity index (χ0n) is 5.09. The van der Waals surface area contributed by atoms with Gasteiger partial charge in [-0.3, -0.25) is 4.52 Å². The van der Waals surface area contributed by atoms with Crippen molar-refractivity contribution in [2.75, 3.05) is 0 Å². The fourth-order valence-electron chi connectivity index (χ4n) is 0. The van der Waals surface area contributed by atoms with Gasteiger partial charge in [0, 0.05) is 5.57 Å². The van der Waals surface area contributed by atoms with Gasteiger partial charge in [-0.1, -0.05) is 6.58 Å². The maximum absolute atomic E-state index is 9.60. The molecule has 0 bridgehead atoms. The van der Waals surface area contributed by atoms with Crippen LogP contribution in [0.5, 0.6) is 0 Å². The summed E-state index contributed by atoms with van der Waals surface area (Å²) >= 11 is 0. The normalized spacial score (nSPS) is 6.44. The Bertz CT molecular complexity index is 112. The molecule has 0 saturated carbocycles. The van der Waals surface area contributed by atoms with Crippen LogP contribution in [0.1, 0.15) is 6.92 Å². The van der Waals surface area contributed by atoms with Crippen LogP contribution in [0, 0.1) is 0 Å². The lowest BCUT2D eigenvalue weighted by molar-refractivity contribution is -0.132. The Kier molecular flexibility index (Phi) is 9.91. The van der Waals surface area contributed by atoms with Crippen LogP contribution in [0.4, 0.5) is 0 Å². The monoisotopic (exact) mass is 165 g/mol. The maximum atomic E-state index is 9.60. The fraction of sp³-hybridized carbons (Fsp3) is 0.250. The van der Waals surface area contributed by atoms with Gasteiger partial charge < -0.3 is 5.11 Å². The predicted octanol–water partition coefficient (Wildman–Crippen LogP) is 1.75. The summed E-state index contributed by atoms with van der Waals surface area (Å²) in [6.07, 6.45) is 0. The van der Waals surface area contributed by atoms with Crippen LogP contribution in [0.3, 0.4) is 0 Å². The second-order valence-electron chi connectivity index (χ2n) is 1.21. The lowest BCUT2D eigenvalue weighted by Crippen LogP contribution is -1.92. The van der Waals surface area contributed by atoms with Crippen molar-refractivity contribution in [2.45, 2.75) is 6.92 Å². The number of carbonyl (C=O) groups is 1. The van der Waals surface area contributed by atoms with Crippen LogP contribution in [-0.4, -0.2) is 11.1 Å². The van der Waals surface area contributed by atoms with Crippen molar-refractivity contribution in [3.05, 3.63) is 12.2 Å². The summed E-state index contributed by atoms with van der Waals surface area (Å²) in [4.78, 5) is 9.60. The highest BCUT2D eigenvalue weighted by Crippen LogP contribution is 1.81. The van der Waals surface area contributed by atoms with E-state index in [-0.39, 0.29) is 5.57 Å². The molecule has 52 valence electrons. The first-order chi connectivity index (χ1) is 4.06. The molecule has 1 N–H and O–H groups in total. The van der Waals surface area contributed by atoms with E-state index in [1.165, 1.54) is 6.92 Å². The summed E-state index contributed by atoms with van der Waals surface area (Å²) in [7, 11) is 4.89. The Morgan fingerprint density at radius 3 is 2.00 bits per heavy atom. The number of rotatable bonds is 1. The topological polar surface area (TPSA) is 49.7 Å². The van der Waals surface area contributed by atoms with E-state index in [2.05, 4.69) is 29.5 Å². The number of nitrogens with zero attached hydrogens (tertiary/aromatic N) is 1. The van der Waals surface area contributed by atoms with Crippen molar-refractivity contribution in [3.8, 4) is 0 Å². The van der Waals surface area contributed by atoms with Gasteiger partial charge >= 0.3 is 5.97 Å². The van der Waals surface area contributed by atoms with Gasteiger partial charge in [0.25, 0.3) is 0 Å². The van der Waals surface area contributed by atoms with Crippen molar-refractivity contribution in [2.24, 2.45) is 4.52 Å². The van der Waals surface area contributed by atoms with Crippen molar-refractivity contribution < 1.29 is 9.90 Å². The van der Waals surface area contributed by atoms with Crippen LogP contribution >= 0.6 is 18.4 Å². The molecule has 0 radical (unpaired) electrons. The third-order valence-corrected chi connectivity index (χ3v) is 0.365. The molecule has 5 heteroatoms. The SMILES string of the molecule is C=C(C)C(=O)O.P=NP. The van der Waals surface area contributed by atoms with E-state index in [9.17, 15) is 4.79 Å². The molecule has 0 aromatic heterocycles. The highest BCUT2D eigenvalue weighted by atomic mass is 31.1. The molecule has 0 aromatic carbocycles. The quantitative estimate of drug-likeness (QED) is 0.475. The van der Waals surface area contributed by atoms with Crippen LogP contribution in [0.15, 0.2) is 16.7 Å². The van der Waals surface area contributed by atoms with E-state index in [0.29, 0.717) is 0 Å². The van der Waals surface area contributed by atoms with Gasteiger partial charge in [-0.2, -0.15) is 0 Å². The van der Waals surface area contributed by atoms with Crippen LogP contribution in [0.2, 0.25) is 0 Å². The Labute approximate surface area is 58.7 Å². The Morgan fingerprint density at radius 2 is 2.00 bits per heavy atom. The molecular formula is C4H9NO2P2. The maximum Gasteiger partial charge on any atom is 0.330 e. The minimum absolute atomic E-state index is 0.176. The van der Waals surface area contributed by atoms with Crippen molar-refractivity contribution in [1.82, 2.24) is 0 Å². The number of carboxylic acids is 1. The van der Waals surface area contributed by atoms with E-state index in [4.69, 9.17) is 5.11 Å². The number of hydrogen-bond acceptors (Lipinski definition) is 2. The summed E-state index contributed by atoms with van der Waals surface area (Å²) < 4.78 is 3.22. The second kappa shape index (κ2) is 7.74. The van der Waals surface area contributed by atoms with Gasteiger partial charge in [0.1, 0.15) is 0 Å². The van der Waals surface area contributed by atoms with E-state index in [1.807, 2.05) is 0 Å². The van der Waals surface area contributed by atoms with Crippen molar-refractivity contribution >= 4 is 24.4 Å². The number of aliphatic carboxylic acids is 1. The molecule has 3 nitrogen and oxygen atoms in total. The molecule has 1 atom stereocenters. The molecular weight excluding hydrogens is 156 g/mol. The molecule has 0 aliphatic rings. The highest BCUT2D eigenvalue weighted by Gasteiger charge is 1.90. The minimum Gasteiger partial charge on any atom is -0.478 e. The van der Waals surface area contributed by atoms with Crippen molar-refractivity contribution in [1.29, 1.82) is 0 Å². The lowest BCUT2D eigenvalue weighted by atomic mass is 10.4. The Balaban J connectivity index is 0. The van der Waals surface area contributed by atoms with E-state index < -0.39 is 5.97 Å². The third-order valence-electron chi connectivity index (χ3n) is 0.365. The zero-order chi connectivity index (χ0) is 7.86. The molecule has 9 heavy (non-hydrogen) atoms. The average Bonchev–Trinajstić information content (AvgIpc) is 1.68. The molecule has 1 unspecified atom stereocenters. The smallest absolute Gasteiger partial charge is 0.330 e. The van der Waals surface area contributed by atoms with Gasteiger partial charge in [-0.15, -0.1) is 0 Å². The molecule has 0 aliphatic carbocycles. The summed E-state index contributed by atoms with van der Waals surface area (Å²) in [5, 5.41) is 7.89. The summed E-state index contributed by atoms with van der Waals surface area (Å²) in [6.45, 7) is 4.60. The van der Waals surface area contributed by atoms with Crippen LogP contribution in [-0.2, 0) is 4.79 Å². The first-order valence-corrected chi connectivity index (χ1v) is 2.98. The largest absolute Gasteiger partial charge is 0.478 e. The summed E-state index contributed by atoms with van der Waals surface area (Å²) in [6, 6.07) is 0. The molecule has 0 aromatic rings. The highest BCUT2D eigenvalue weighted by molar-refractivity contribution is 7.23. The molecule has 0 spiro atoms. The number of hydrogen-bond donors (Lipinski definition) is 1. The van der Waals surface area contributed by atoms with Gasteiger partial charge in [0.2, 0.25) is 0 Å². The molecule has 0 heterocycles. The van der Waals surface area contributed by atoms with E-state index in [0.717, 1.165) is 0 Å².